The van der Waals surface area contributed by atoms with Crippen molar-refractivity contribution in [3.05, 3.63) is 49.1 Å². The van der Waals surface area contributed by atoms with E-state index in [4.69, 9.17) is 9.47 Å². The molecule has 10 nitrogen and oxygen atoms in total. The number of hydrogen-bond acceptors (Lipinski definition) is 8. The standard InChI is InChI=1S/2C12H14N2O3/c1-2-17-12(16)5-6-14-8-13-10-7-9(15)3-4-11(10)14;1-2-17-12(16)5-6-14-8-13-10-4-3-9(15)7-11(10)14/h2*3-4,7-8,15H,2,5-6H2,1H3. The molecule has 180 valence electrons. The number of rotatable bonds is 8. The summed E-state index contributed by atoms with van der Waals surface area (Å²) in [5.74, 6) is -0.0637. The molecule has 0 saturated carbocycles. The lowest BCUT2D eigenvalue weighted by Gasteiger charge is -2.04. The Kier molecular flexibility index (Phi) is 8.44. The van der Waals surface area contributed by atoms with Crippen LogP contribution in [0, 0.1) is 0 Å². The molecule has 10 heteroatoms. The summed E-state index contributed by atoms with van der Waals surface area (Å²) in [7, 11) is 0. The number of ether oxygens (including phenoxy) is 2. The SMILES string of the molecule is CCOC(=O)CCn1cnc2cc(O)ccc21.CCOC(=O)CCn1cnc2ccc(O)cc21. The molecule has 0 aliphatic heterocycles. The van der Waals surface area contributed by atoms with Crippen LogP contribution in [0.15, 0.2) is 49.1 Å². The summed E-state index contributed by atoms with van der Waals surface area (Å²) in [5, 5.41) is 18.7. The van der Waals surface area contributed by atoms with Gasteiger partial charge in [-0.2, -0.15) is 0 Å². The van der Waals surface area contributed by atoms with Crippen LogP contribution in [0.25, 0.3) is 22.1 Å². The first-order valence-electron chi connectivity index (χ1n) is 11.0. The number of nitrogens with zero attached hydrogens (tertiary/aromatic N) is 4. The van der Waals surface area contributed by atoms with Gasteiger partial charge in [-0.05, 0) is 38.1 Å². The van der Waals surface area contributed by atoms with Crippen LogP contribution < -0.4 is 0 Å². The van der Waals surface area contributed by atoms with Gasteiger partial charge in [0.2, 0.25) is 0 Å². The van der Waals surface area contributed by atoms with Crippen molar-refractivity contribution in [2.45, 2.75) is 39.8 Å². The number of carbonyl (C=O) groups excluding carboxylic acids is 2. The normalized spacial score (nSPS) is 10.6. The number of phenolic OH excluding ortho intramolecular Hbond substituents is 2. The molecule has 0 fully saturated rings. The summed E-state index contributed by atoms with van der Waals surface area (Å²) < 4.78 is 13.4. The Morgan fingerprint density at radius 1 is 0.765 bits per heavy atom. The van der Waals surface area contributed by atoms with Crippen molar-refractivity contribution in [2.24, 2.45) is 0 Å². The molecule has 4 aromatic rings. The Morgan fingerprint density at radius 2 is 1.29 bits per heavy atom. The molecule has 2 N–H and O–H groups in total. The van der Waals surface area contributed by atoms with Crippen molar-refractivity contribution in [1.82, 2.24) is 19.1 Å². The Labute approximate surface area is 196 Å². The van der Waals surface area contributed by atoms with E-state index in [2.05, 4.69) is 9.97 Å². The first-order chi connectivity index (χ1) is 16.4. The molecule has 0 bridgehead atoms. The molecule has 2 heterocycles. The van der Waals surface area contributed by atoms with E-state index in [1.165, 1.54) is 0 Å². The molecule has 0 saturated heterocycles. The van der Waals surface area contributed by atoms with Gasteiger partial charge in [-0.25, -0.2) is 9.97 Å². The van der Waals surface area contributed by atoms with Crippen molar-refractivity contribution < 1.29 is 29.3 Å². The Morgan fingerprint density at radius 3 is 1.91 bits per heavy atom. The molecule has 0 unspecified atom stereocenters. The maximum absolute atomic E-state index is 11.2. The lowest BCUT2D eigenvalue weighted by Crippen LogP contribution is -2.08. The Hall–Kier alpha value is -4.08. The zero-order valence-corrected chi connectivity index (χ0v) is 19.2. The summed E-state index contributed by atoms with van der Waals surface area (Å²) >= 11 is 0. The highest BCUT2D eigenvalue weighted by Crippen LogP contribution is 2.20. The van der Waals surface area contributed by atoms with Crippen molar-refractivity contribution in [1.29, 1.82) is 0 Å². The first-order valence-corrected chi connectivity index (χ1v) is 11.0. The molecule has 34 heavy (non-hydrogen) atoms. The minimum absolute atomic E-state index is 0.188. The number of carbonyl (C=O) groups is 2. The zero-order valence-electron chi connectivity index (χ0n) is 19.2. The van der Waals surface area contributed by atoms with Gasteiger partial charge in [0.15, 0.2) is 0 Å². The Bertz CT molecular complexity index is 1260. The van der Waals surface area contributed by atoms with E-state index >= 15 is 0 Å². The monoisotopic (exact) mass is 468 g/mol. The smallest absolute Gasteiger partial charge is 0.307 e. The fourth-order valence-corrected chi connectivity index (χ4v) is 3.34. The Balaban J connectivity index is 0.000000191. The molecule has 0 radical (unpaired) electrons. The third-order valence-electron chi connectivity index (χ3n) is 4.93. The van der Waals surface area contributed by atoms with Gasteiger partial charge in [0.1, 0.15) is 11.5 Å². The summed E-state index contributed by atoms with van der Waals surface area (Å²) in [6.07, 6.45) is 3.93. The fourth-order valence-electron chi connectivity index (χ4n) is 3.34. The van der Waals surface area contributed by atoms with Crippen molar-refractivity contribution in [2.75, 3.05) is 13.2 Å². The maximum Gasteiger partial charge on any atom is 0.307 e. The molecule has 0 aliphatic carbocycles. The van der Waals surface area contributed by atoms with Gasteiger partial charge in [0.25, 0.3) is 0 Å². The number of hydrogen-bond donors (Lipinski definition) is 2. The predicted molar refractivity (Wildman–Crippen MR) is 125 cm³/mol. The highest BCUT2D eigenvalue weighted by Gasteiger charge is 2.07. The van der Waals surface area contributed by atoms with Crippen molar-refractivity contribution >= 4 is 34.0 Å². The van der Waals surface area contributed by atoms with Gasteiger partial charge in [0.05, 0.1) is 60.8 Å². The van der Waals surface area contributed by atoms with Crippen molar-refractivity contribution in [3.8, 4) is 11.5 Å². The number of fused-ring (bicyclic) bond motifs is 2. The first kappa shape index (κ1) is 24.6. The van der Waals surface area contributed by atoms with Gasteiger partial charge < -0.3 is 28.8 Å². The summed E-state index contributed by atoms with van der Waals surface area (Å²) in [5.41, 5.74) is 3.22. The second-order valence-corrected chi connectivity index (χ2v) is 7.33. The summed E-state index contributed by atoms with van der Waals surface area (Å²) in [6.45, 7) is 5.39. The molecule has 0 spiro atoms. The quantitative estimate of drug-likeness (QED) is 0.377. The molecule has 0 aliphatic rings. The van der Waals surface area contributed by atoms with Gasteiger partial charge in [-0.15, -0.1) is 0 Å². The number of esters is 2. The highest BCUT2D eigenvalue weighted by molar-refractivity contribution is 5.78. The van der Waals surface area contributed by atoms with Gasteiger partial charge in [-0.1, -0.05) is 0 Å². The van der Waals surface area contributed by atoms with E-state index in [0.29, 0.717) is 44.7 Å². The molecule has 0 atom stereocenters. The van der Waals surface area contributed by atoms with Gasteiger partial charge in [-0.3, -0.25) is 9.59 Å². The minimum atomic E-state index is -0.227. The number of aromatic hydroxyl groups is 2. The number of imidazole rings is 2. The van der Waals surface area contributed by atoms with E-state index in [-0.39, 0.29) is 23.4 Å². The lowest BCUT2D eigenvalue weighted by molar-refractivity contribution is -0.144. The van der Waals surface area contributed by atoms with E-state index in [9.17, 15) is 19.8 Å². The van der Waals surface area contributed by atoms with Gasteiger partial charge in [0, 0.05) is 25.2 Å². The van der Waals surface area contributed by atoms with Crippen LogP contribution in [-0.4, -0.2) is 54.5 Å². The predicted octanol–water partition coefficient (Wildman–Crippen LogP) is 3.39. The molecular weight excluding hydrogens is 440 g/mol. The number of phenols is 2. The zero-order chi connectivity index (χ0) is 24.5. The fraction of sp³-hybridized carbons (Fsp3) is 0.333. The third kappa shape index (κ3) is 6.47. The average molecular weight is 469 g/mol. The van der Waals surface area contributed by atoms with Gasteiger partial charge >= 0.3 is 11.9 Å². The average Bonchev–Trinajstić information content (AvgIpc) is 3.40. The second kappa shape index (κ2) is 11.7. The van der Waals surface area contributed by atoms with Crippen LogP contribution in [0.5, 0.6) is 11.5 Å². The lowest BCUT2D eigenvalue weighted by atomic mass is 10.3. The largest absolute Gasteiger partial charge is 0.508 e. The van der Waals surface area contributed by atoms with Crippen LogP contribution in [0.2, 0.25) is 0 Å². The third-order valence-corrected chi connectivity index (χ3v) is 4.93. The van der Waals surface area contributed by atoms with Crippen LogP contribution in [0.4, 0.5) is 0 Å². The topological polar surface area (TPSA) is 129 Å². The molecule has 2 aromatic heterocycles. The van der Waals surface area contributed by atoms with E-state index < -0.39 is 0 Å². The second-order valence-electron chi connectivity index (χ2n) is 7.33. The van der Waals surface area contributed by atoms with Crippen LogP contribution >= 0.6 is 0 Å². The van der Waals surface area contributed by atoms with E-state index in [0.717, 1.165) is 16.6 Å². The molecule has 2 aromatic carbocycles. The summed E-state index contributed by atoms with van der Waals surface area (Å²) in [6, 6.07) is 9.94. The maximum atomic E-state index is 11.2. The minimum Gasteiger partial charge on any atom is -0.508 e. The highest BCUT2D eigenvalue weighted by atomic mass is 16.5. The molecule has 0 amide bonds. The number of aromatic nitrogens is 4. The summed E-state index contributed by atoms with van der Waals surface area (Å²) in [4.78, 5) is 30.8. The van der Waals surface area contributed by atoms with E-state index in [1.807, 2.05) is 9.13 Å². The molecular formula is C24H28N4O6. The van der Waals surface area contributed by atoms with E-state index in [1.54, 1.807) is 62.9 Å². The molecule has 4 rings (SSSR count). The van der Waals surface area contributed by atoms with Crippen LogP contribution in [0.1, 0.15) is 26.7 Å². The van der Waals surface area contributed by atoms with Crippen LogP contribution in [0.3, 0.4) is 0 Å². The number of aryl methyl sites for hydroxylation is 2. The number of benzene rings is 2. The van der Waals surface area contributed by atoms with Crippen molar-refractivity contribution in [3.63, 3.8) is 0 Å². The van der Waals surface area contributed by atoms with Crippen LogP contribution in [-0.2, 0) is 32.2 Å².